The van der Waals surface area contributed by atoms with Gasteiger partial charge in [0.1, 0.15) is 17.1 Å². The Hall–Kier alpha value is -2.34. The van der Waals surface area contributed by atoms with Gasteiger partial charge in [0.15, 0.2) is 0 Å². The number of ether oxygens (including phenoxy) is 1. The van der Waals surface area contributed by atoms with Gasteiger partial charge in [-0.3, -0.25) is 9.59 Å². The Balaban J connectivity index is 1.88. The summed E-state index contributed by atoms with van der Waals surface area (Å²) in [6.45, 7) is 2.17. The molecule has 6 heteroatoms. The minimum atomic E-state index is -0.440. The molecule has 0 bridgehead atoms. The van der Waals surface area contributed by atoms with Gasteiger partial charge in [-0.25, -0.2) is 0 Å². The molecule has 0 aliphatic carbocycles. The Morgan fingerprint density at radius 2 is 1.62 bits per heavy atom. The van der Waals surface area contributed by atoms with E-state index in [2.05, 4.69) is 15.5 Å². The molecule has 2 N–H and O–H groups in total. The largest absolute Gasteiger partial charge is 0.496 e. The molecule has 0 amide bonds. The van der Waals surface area contributed by atoms with Crippen LogP contribution in [0.15, 0.2) is 33.9 Å². The Bertz CT molecular complexity index is 733. The smallest absolute Gasteiger partial charge is 0.253 e. The second-order valence-corrected chi connectivity index (χ2v) is 5.98. The maximum absolute atomic E-state index is 11.7. The lowest BCUT2D eigenvalue weighted by atomic mass is 10.1. The summed E-state index contributed by atoms with van der Waals surface area (Å²) in [5.74, 6) is 0.825. The second-order valence-electron chi connectivity index (χ2n) is 5.98. The highest BCUT2D eigenvalue weighted by Gasteiger charge is 2.20. The molecule has 0 aliphatic heterocycles. The first-order chi connectivity index (χ1) is 11.5. The van der Waals surface area contributed by atoms with E-state index in [9.17, 15) is 9.59 Å². The highest BCUT2D eigenvalue weighted by atomic mass is 16.5. The van der Waals surface area contributed by atoms with Crippen molar-refractivity contribution in [2.75, 3.05) is 51.5 Å². The lowest BCUT2D eigenvalue weighted by molar-refractivity contribution is 0.405. The van der Waals surface area contributed by atoms with Crippen LogP contribution in [0.1, 0.15) is 12.0 Å². The fraction of sp³-hybridized carbons (Fsp3) is 0.444. The summed E-state index contributed by atoms with van der Waals surface area (Å²) in [7, 11) is 5.64. The van der Waals surface area contributed by atoms with E-state index in [0.29, 0.717) is 30.9 Å². The molecule has 2 aromatic rings. The maximum atomic E-state index is 11.7. The van der Waals surface area contributed by atoms with Crippen molar-refractivity contribution in [2.24, 2.45) is 0 Å². The van der Waals surface area contributed by atoms with E-state index < -0.39 is 10.9 Å². The topological polar surface area (TPSA) is 70.7 Å². The van der Waals surface area contributed by atoms with Crippen molar-refractivity contribution in [3.8, 4) is 5.75 Å². The third-order valence-corrected chi connectivity index (χ3v) is 3.88. The van der Waals surface area contributed by atoms with Gasteiger partial charge in [0.25, 0.3) is 10.9 Å². The van der Waals surface area contributed by atoms with Crippen LogP contribution < -0.4 is 26.2 Å². The second kappa shape index (κ2) is 8.49. The number of hydrogen-bond donors (Lipinski definition) is 2. The fourth-order valence-electron chi connectivity index (χ4n) is 2.57. The normalized spacial score (nSPS) is 11.0. The Morgan fingerprint density at radius 3 is 2.25 bits per heavy atom. The van der Waals surface area contributed by atoms with E-state index in [-0.39, 0.29) is 0 Å². The van der Waals surface area contributed by atoms with Crippen LogP contribution in [-0.4, -0.2) is 45.7 Å². The zero-order valence-electron chi connectivity index (χ0n) is 14.5. The van der Waals surface area contributed by atoms with Gasteiger partial charge in [-0.1, -0.05) is 18.2 Å². The maximum Gasteiger partial charge on any atom is 0.253 e. The molecule has 2 aromatic carbocycles. The van der Waals surface area contributed by atoms with E-state index in [1.165, 1.54) is 0 Å². The van der Waals surface area contributed by atoms with Crippen LogP contribution >= 0.6 is 0 Å². The summed E-state index contributed by atoms with van der Waals surface area (Å²) in [5.41, 5.74) is 1.01. The summed E-state index contributed by atoms with van der Waals surface area (Å²) < 4.78 is 5.31. The Morgan fingerprint density at radius 1 is 1.00 bits per heavy atom. The fourth-order valence-corrected chi connectivity index (χ4v) is 2.57. The molecule has 0 spiro atoms. The average molecular weight is 331 g/mol. The molecule has 0 radical (unpaired) electrons. The molecule has 0 fully saturated rings. The number of methoxy groups -OCH3 is 1. The first kappa shape index (κ1) is 18.0. The van der Waals surface area contributed by atoms with Crippen LogP contribution in [0.3, 0.4) is 0 Å². The third kappa shape index (κ3) is 4.35. The molecule has 130 valence electrons. The van der Waals surface area contributed by atoms with Gasteiger partial charge >= 0.3 is 0 Å². The van der Waals surface area contributed by atoms with Gasteiger partial charge in [0.05, 0.1) is 7.11 Å². The average Bonchev–Trinajstić information content (AvgIpc) is 2.59. The summed E-state index contributed by atoms with van der Waals surface area (Å²) in [6, 6.07) is 7.77. The number of para-hydroxylation sites is 1. The number of nitrogens with one attached hydrogen (secondary N) is 2. The molecule has 6 nitrogen and oxygen atoms in total. The van der Waals surface area contributed by atoms with Gasteiger partial charge in [-0.15, -0.1) is 0 Å². The van der Waals surface area contributed by atoms with Gasteiger partial charge in [0, 0.05) is 13.1 Å². The molecule has 0 heterocycles. The minimum absolute atomic E-state index is 0.403. The van der Waals surface area contributed by atoms with E-state index in [0.717, 1.165) is 24.3 Å². The molecule has 24 heavy (non-hydrogen) atoms. The predicted octanol–water partition coefficient (Wildman–Crippen LogP) is 1.31. The Labute approximate surface area is 142 Å². The molecule has 0 unspecified atom stereocenters. The van der Waals surface area contributed by atoms with Crippen molar-refractivity contribution < 1.29 is 4.74 Å². The van der Waals surface area contributed by atoms with E-state index >= 15 is 0 Å². The van der Waals surface area contributed by atoms with Crippen LogP contribution in [0.5, 0.6) is 5.75 Å². The number of anilines is 2. The zero-order chi connectivity index (χ0) is 17.5. The molecular weight excluding hydrogens is 306 g/mol. The van der Waals surface area contributed by atoms with Crippen molar-refractivity contribution in [3.63, 3.8) is 0 Å². The first-order valence-electron chi connectivity index (χ1n) is 8.12. The van der Waals surface area contributed by atoms with Crippen molar-refractivity contribution in [2.45, 2.75) is 12.8 Å². The van der Waals surface area contributed by atoms with Crippen molar-refractivity contribution in [1.82, 2.24) is 4.90 Å². The SMILES string of the molecule is COc1ccccc1CCNc1c(NCCCN(C)C)c(=O)c1=O. The predicted molar refractivity (Wildman–Crippen MR) is 98.2 cm³/mol. The van der Waals surface area contributed by atoms with Gasteiger partial charge in [0.2, 0.25) is 0 Å². The number of rotatable bonds is 10. The third-order valence-electron chi connectivity index (χ3n) is 3.88. The van der Waals surface area contributed by atoms with E-state index in [1.807, 2.05) is 38.4 Å². The molecule has 0 saturated carbocycles. The first-order valence-corrected chi connectivity index (χ1v) is 8.12. The molecule has 0 aliphatic rings. The van der Waals surface area contributed by atoms with Crippen LogP contribution in [0.4, 0.5) is 11.4 Å². The van der Waals surface area contributed by atoms with Gasteiger partial charge in [-0.05, 0) is 45.1 Å². The summed E-state index contributed by atoms with van der Waals surface area (Å²) >= 11 is 0. The molecule has 2 rings (SSSR count). The Kier molecular flexibility index (Phi) is 6.37. The van der Waals surface area contributed by atoms with Gasteiger partial charge in [-0.2, -0.15) is 0 Å². The van der Waals surface area contributed by atoms with Crippen LogP contribution in [0.2, 0.25) is 0 Å². The van der Waals surface area contributed by atoms with Crippen molar-refractivity contribution >= 4 is 11.4 Å². The lowest BCUT2D eigenvalue weighted by Crippen LogP contribution is -2.38. The lowest BCUT2D eigenvalue weighted by Gasteiger charge is -2.16. The zero-order valence-corrected chi connectivity index (χ0v) is 14.5. The molecular formula is C18H25N3O3. The number of nitrogens with zero attached hydrogens (tertiary/aromatic N) is 1. The van der Waals surface area contributed by atoms with Crippen LogP contribution in [0, 0.1) is 0 Å². The highest BCUT2D eigenvalue weighted by Crippen LogP contribution is 2.19. The molecule has 0 atom stereocenters. The van der Waals surface area contributed by atoms with Crippen LogP contribution in [0.25, 0.3) is 0 Å². The quantitative estimate of drug-likeness (QED) is 0.505. The van der Waals surface area contributed by atoms with Gasteiger partial charge < -0.3 is 20.3 Å². The molecule has 0 aromatic heterocycles. The summed E-state index contributed by atoms with van der Waals surface area (Å²) in [5, 5.41) is 6.15. The number of hydrogen-bond acceptors (Lipinski definition) is 6. The van der Waals surface area contributed by atoms with E-state index in [1.54, 1.807) is 7.11 Å². The monoisotopic (exact) mass is 331 g/mol. The van der Waals surface area contributed by atoms with E-state index in [4.69, 9.17) is 4.74 Å². The van der Waals surface area contributed by atoms with Crippen LogP contribution in [-0.2, 0) is 6.42 Å². The number of benzene rings is 1. The summed E-state index contributed by atoms with van der Waals surface area (Å²) in [4.78, 5) is 25.5. The highest BCUT2D eigenvalue weighted by molar-refractivity contribution is 5.73. The summed E-state index contributed by atoms with van der Waals surface area (Å²) in [6.07, 6.45) is 1.62. The van der Waals surface area contributed by atoms with Crippen molar-refractivity contribution in [3.05, 3.63) is 50.3 Å². The standard InChI is InChI=1S/C18H25N3O3/c1-21(2)12-6-10-19-15-16(18(23)17(15)22)20-11-9-13-7-4-5-8-14(13)24-3/h4-5,7-8,19-20H,6,9-12H2,1-3H3. The van der Waals surface area contributed by atoms with Crippen molar-refractivity contribution in [1.29, 1.82) is 0 Å². The minimum Gasteiger partial charge on any atom is -0.496 e. The molecule has 0 saturated heterocycles.